The van der Waals surface area contributed by atoms with Gasteiger partial charge in [-0.2, -0.15) is 0 Å². The smallest absolute Gasteiger partial charge is 0.199 e. The average molecular weight is 304 g/mol. The first kappa shape index (κ1) is 14.1. The molecule has 2 aromatic rings. The average Bonchev–Trinajstić information content (AvgIpc) is 3.08. The number of fused-ring (bicyclic) bond motifs is 1. The fourth-order valence-corrected chi connectivity index (χ4v) is 3.41. The zero-order chi connectivity index (χ0) is 15.9. The Kier molecular flexibility index (Phi) is 3.24. The second-order valence-electron chi connectivity index (χ2n) is 5.97. The lowest BCUT2D eigenvalue weighted by molar-refractivity contribution is 0.0350. The van der Waals surface area contributed by atoms with Gasteiger partial charge in [0.25, 0.3) is 0 Å². The summed E-state index contributed by atoms with van der Waals surface area (Å²) in [6, 6.07) is 16.5. The Labute approximate surface area is 134 Å². The summed E-state index contributed by atoms with van der Waals surface area (Å²) in [5.74, 6) is -0.101. The van der Waals surface area contributed by atoms with Gasteiger partial charge in [-0.3, -0.25) is 9.59 Å². The minimum Gasteiger partial charge on any atom is -0.363 e. The summed E-state index contributed by atoms with van der Waals surface area (Å²) in [4.78, 5) is 25.8. The van der Waals surface area contributed by atoms with Crippen LogP contribution < -0.4 is 0 Å². The van der Waals surface area contributed by atoms with Crippen molar-refractivity contribution in [1.29, 1.82) is 0 Å². The van der Waals surface area contributed by atoms with Gasteiger partial charge in [0, 0.05) is 23.3 Å². The van der Waals surface area contributed by atoms with E-state index in [1.165, 1.54) is 0 Å². The molecule has 0 unspecified atom stereocenters. The zero-order valence-electron chi connectivity index (χ0n) is 12.6. The lowest BCUT2D eigenvalue weighted by Gasteiger charge is -2.30. The van der Waals surface area contributed by atoms with Crippen molar-refractivity contribution in [2.75, 3.05) is 6.61 Å². The number of ether oxygens (including phenoxy) is 1. The lowest BCUT2D eigenvalue weighted by atomic mass is 9.77. The van der Waals surface area contributed by atoms with Crippen molar-refractivity contribution >= 4 is 17.1 Å². The maximum absolute atomic E-state index is 13.0. The van der Waals surface area contributed by atoms with E-state index in [1.807, 2.05) is 36.4 Å². The summed E-state index contributed by atoms with van der Waals surface area (Å²) in [7, 11) is 0. The second-order valence-corrected chi connectivity index (χ2v) is 5.97. The van der Waals surface area contributed by atoms with E-state index in [1.54, 1.807) is 24.3 Å². The van der Waals surface area contributed by atoms with E-state index in [0.29, 0.717) is 35.3 Å². The van der Waals surface area contributed by atoms with Gasteiger partial charge in [-0.05, 0) is 24.5 Å². The van der Waals surface area contributed by atoms with Gasteiger partial charge >= 0.3 is 0 Å². The Morgan fingerprint density at radius 3 is 2.35 bits per heavy atom. The van der Waals surface area contributed by atoms with Crippen molar-refractivity contribution in [2.45, 2.75) is 18.4 Å². The first-order valence-corrected chi connectivity index (χ1v) is 7.82. The van der Waals surface area contributed by atoms with Crippen LogP contribution in [0, 0.1) is 0 Å². The van der Waals surface area contributed by atoms with E-state index in [-0.39, 0.29) is 11.6 Å². The molecule has 1 aliphatic heterocycles. The maximum Gasteiger partial charge on any atom is 0.199 e. The third kappa shape index (κ3) is 2.16. The molecule has 0 N–H and O–H groups in total. The highest BCUT2D eigenvalue weighted by Crippen LogP contribution is 2.40. The molecule has 1 atom stereocenters. The summed E-state index contributed by atoms with van der Waals surface area (Å²) < 4.78 is 5.79. The number of ketones is 2. The quantitative estimate of drug-likeness (QED) is 0.795. The van der Waals surface area contributed by atoms with E-state index < -0.39 is 5.60 Å². The van der Waals surface area contributed by atoms with Gasteiger partial charge in [-0.1, -0.05) is 54.6 Å². The van der Waals surface area contributed by atoms with Crippen molar-refractivity contribution in [1.82, 2.24) is 0 Å². The van der Waals surface area contributed by atoms with Crippen LogP contribution in [0.4, 0.5) is 0 Å². The molecule has 0 saturated carbocycles. The van der Waals surface area contributed by atoms with Crippen LogP contribution >= 0.6 is 0 Å². The molecule has 1 heterocycles. The molecule has 0 amide bonds. The number of carbonyl (C=O) groups excluding carboxylic acids is 2. The van der Waals surface area contributed by atoms with E-state index >= 15 is 0 Å². The van der Waals surface area contributed by atoms with Crippen LogP contribution in [0.5, 0.6) is 0 Å². The molecule has 0 radical (unpaired) electrons. The van der Waals surface area contributed by atoms with Gasteiger partial charge in [0.15, 0.2) is 11.6 Å². The van der Waals surface area contributed by atoms with Crippen LogP contribution in [0.2, 0.25) is 0 Å². The first-order valence-electron chi connectivity index (χ1n) is 7.82. The summed E-state index contributed by atoms with van der Waals surface area (Å²) in [5, 5.41) is 0. The molecule has 1 fully saturated rings. The van der Waals surface area contributed by atoms with Gasteiger partial charge < -0.3 is 4.74 Å². The van der Waals surface area contributed by atoms with Gasteiger partial charge in [0.1, 0.15) is 5.60 Å². The van der Waals surface area contributed by atoms with Gasteiger partial charge in [-0.15, -0.1) is 0 Å². The standard InChI is InChI=1S/C20H16O3/c21-18(14-7-2-1-3-8-14)17-13-20(11-6-12-23-20)19(22)16-10-5-4-9-15(16)17/h1-5,7-10,13H,6,11-12H2/t20-/m1/s1. The number of hydrogen-bond donors (Lipinski definition) is 0. The summed E-state index contributed by atoms with van der Waals surface area (Å²) >= 11 is 0. The Hall–Kier alpha value is -2.52. The minimum atomic E-state index is -0.964. The molecule has 3 heteroatoms. The normalized spacial score (nSPS) is 22.8. The van der Waals surface area contributed by atoms with Crippen molar-refractivity contribution in [3.8, 4) is 0 Å². The molecule has 1 spiro atoms. The molecule has 2 aliphatic rings. The summed E-state index contributed by atoms with van der Waals surface area (Å²) in [5.41, 5.74) is 1.50. The van der Waals surface area contributed by atoms with Gasteiger partial charge in [0.05, 0.1) is 0 Å². The molecule has 1 aliphatic carbocycles. The topological polar surface area (TPSA) is 43.4 Å². The molecule has 0 bridgehead atoms. The third-order valence-corrected chi connectivity index (χ3v) is 4.56. The molecule has 23 heavy (non-hydrogen) atoms. The molecule has 0 aromatic heterocycles. The molecule has 2 aromatic carbocycles. The summed E-state index contributed by atoms with van der Waals surface area (Å²) in [6.45, 7) is 0.553. The fraction of sp³-hybridized carbons (Fsp3) is 0.200. The lowest BCUT2D eigenvalue weighted by Crippen LogP contribution is -2.39. The fourth-order valence-electron chi connectivity index (χ4n) is 3.41. The first-order chi connectivity index (χ1) is 11.2. The van der Waals surface area contributed by atoms with Crippen molar-refractivity contribution < 1.29 is 14.3 Å². The monoisotopic (exact) mass is 304 g/mol. The molecular weight excluding hydrogens is 288 g/mol. The SMILES string of the molecule is O=C(C1=C[C@]2(CCCO2)C(=O)c2ccccc21)c1ccccc1. The third-order valence-electron chi connectivity index (χ3n) is 4.56. The highest BCUT2D eigenvalue weighted by molar-refractivity contribution is 6.33. The number of hydrogen-bond acceptors (Lipinski definition) is 3. The molecular formula is C20H16O3. The van der Waals surface area contributed by atoms with Crippen LogP contribution in [0.1, 0.15) is 39.1 Å². The second kappa shape index (κ2) is 5.28. The van der Waals surface area contributed by atoms with E-state index in [9.17, 15) is 9.59 Å². The number of Topliss-reactive ketones (excluding diaryl/α,β-unsaturated/α-hetero) is 2. The van der Waals surface area contributed by atoms with Crippen LogP contribution in [0.3, 0.4) is 0 Å². The number of benzene rings is 2. The molecule has 3 nitrogen and oxygen atoms in total. The zero-order valence-corrected chi connectivity index (χ0v) is 12.6. The van der Waals surface area contributed by atoms with Crippen LogP contribution in [0.25, 0.3) is 5.57 Å². The highest BCUT2D eigenvalue weighted by atomic mass is 16.5. The number of carbonyl (C=O) groups is 2. The van der Waals surface area contributed by atoms with Gasteiger partial charge in [-0.25, -0.2) is 0 Å². The van der Waals surface area contributed by atoms with E-state index in [4.69, 9.17) is 4.74 Å². The van der Waals surface area contributed by atoms with Crippen LogP contribution in [0.15, 0.2) is 60.7 Å². The Morgan fingerprint density at radius 1 is 0.957 bits per heavy atom. The Balaban J connectivity index is 1.89. The van der Waals surface area contributed by atoms with Crippen molar-refractivity contribution in [3.63, 3.8) is 0 Å². The number of allylic oxidation sites excluding steroid dienone is 1. The predicted octanol–water partition coefficient (Wildman–Crippen LogP) is 3.70. The number of rotatable bonds is 2. The minimum absolute atomic E-state index is 0.0322. The van der Waals surface area contributed by atoms with Crippen molar-refractivity contribution in [2.24, 2.45) is 0 Å². The largest absolute Gasteiger partial charge is 0.363 e. The van der Waals surface area contributed by atoms with Crippen LogP contribution in [-0.2, 0) is 4.74 Å². The molecule has 1 saturated heterocycles. The molecule has 114 valence electrons. The maximum atomic E-state index is 13.0. The van der Waals surface area contributed by atoms with Gasteiger partial charge in [0.2, 0.25) is 0 Å². The summed E-state index contributed by atoms with van der Waals surface area (Å²) in [6.07, 6.45) is 3.21. The van der Waals surface area contributed by atoms with Crippen LogP contribution in [-0.4, -0.2) is 23.8 Å². The highest BCUT2D eigenvalue weighted by Gasteiger charge is 2.46. The van der Waals surface area contributed by atoms with E-state index in [2.05, 4.69) is 0 Å². The molecule has 4 rings (SSSR count). The Morgan fingerprint density at radius 2 is 1.65 bits per heavy atom. The van der Waals surface area contributed by atoms with E-state index in [0.717, 1.165) is 6.42 Å². The predicted molar refractivity (Wildman–Crippen MR) is 87.4 cm³/mol. The Bertz CT molecular complexity index is 812. The van der Waals surface area contributed by atoms with Crippen molar-refractivity contribution in [3.05, 3.63) is 77.4 Å².